The average Bonchev–Trinajstić information content (AvgIpc) is 2.93. The Hall–Kier alpha value is -2.41. The maximum Gasteiger partial charge on any atom is 0.234 e. The Balaban J connectivity index is 2.09. The summed E-state index contributed by atoms with van der Waals surface area (Å²) in [5, 5.41) is 10.6. The molecule has 0 aliphatic heterocycles. The minimum absolute atomic E-state index is 0.0377. The first kappa shape index (κ1) is 13.0. The van der Waals surface area contributed by atoms with E-state index in [9.17, 15) is 4.79 Å². The number of nitrogens with two attached hydrogens (primary N) is 1. The van der Waals surface area contributed by atoms with Gasteiger partial charge in [0.25, 0.3) is 0 Å². The minimum Gasteiger partial charge on any atom is -0.497 e. The molecular formula is C12H15N5O2. The first-order chi connectivity index (χ1) is 9.22. The molecule has 0 fully saturated rings. The van der Waals surface area contributed by atoms with Crippen molar-refractivity contribution in [3.8, 4) is 11.4 Å². The topological polar surface area (TPSA) is 95.1 Å². The largest absolute Gasteiger partial charge is 0.497 e. The molecule has 3 N–H and O–H groups in total. The van der Waals surface area contributed by atoms with Crippen molar-refractivity contribution in [2.75, 3.05) is 13.7 Å². The number of benzene rings is 1. The van der Waals surface area contributed by atoms with Crippen LogP contribution in [0, 0.1) is 0 Å². The van der Waals surface area contributed by atoms with Gasteiger partial charge in [0.05, 0.1) is 32.1 Å². The number of hydrogen-bond acceptors (Lipinski definition) is 5. The van der Waals surface area contributed by atoms with Gasteiger partial charge in [-0.25, -0.2) is 4.68 Å². The molecule has 0 spiro atoms. The van der Waals surface area contributed by atoms with Gasteiger partial charge in [-0.1, -0.05) is 11.3 Å². The molecule has 0 radical (unpaired) electrons. The van der Waals surface area contributed by atoms with E-state index in [4.69, 9.17) is 10.5 Å². The lowest BCUT2D eigenvalue weighted by molar-refractivity contribution is -0.119. The van der Waals surface area contributed by atoms with Crippen LogP contribution in [0.4, 0.5) is 0 Å². The van der Waals surface area contributed by atoms with Crippen molar-refractivity contribution in [1.29, 1.82) is 0 Å². The van der Waals surface area contributed by atoms with E-state index in [2.05, 4.69) is 15.6 Å². The maximum atomic E-state index is 11.0. The van der Waals surface area contributed by atoms with E-state index in [-0.39, 0.29) is 12.5 Å². The number of aromatic nitrogens is 3. The molecule has 1 amide bonds. The van der Waals surface area contributed by atoms with Crippen LogP contribution in [0.3, 0.4) is 0 Å². The van der Waals surface area contributed by atoms with Crippen molar-refractivity contribution in [2.45, 2.75) is 6.54 Å². The summed E-state index contributed by atoms with van der Waals surface area (Å²) in [7, 11) is 1.61. The molecule has 100 valence electrons. The Morgan fingerprint density at radius 2 is 2.37 bits per heavy atom. The van der Waals surface area contributed by atoms with Gasteiger partial charge in [-0.3, -0.25) is 4.79 Å². The molecule has 0 atom stereocenters. The zero-order valence-electron chi connectivity index (χ0n) is 10.5. The van der Waals surface area contributed by atoms with E-state index < -0.39 is 0 Å². The number of amides is 1. The fourth-order valence-corrected chi connectivity index (χ4v) is 1.52. The van der Waals surface area contributed by atoms with Gasteiger partial charge >= 0.3 is 0 Å². The second-order valence-corrected chi connectivity index (χ2v) is 3.84. The molecule has 0 aliphatic carbocycles. The molecule has 0 aliphatic rings. The monoisotopic (exact) mass is 261 g/mol. The lowest BCUT2D eigenvalue weighted by Crippen LogP contribution is -2.29. The zero-order chi connectivity index (χ0) is 13.7. The van der Waals surface area contributed by atoms with Gasteiger partial charge in [0, 0.05) is 6.07 Å². The highest BCUT2D eigenvalue weighted by atomic mass is 16.5. The fraction of sp³-hybridized carbons (Fsp3) is 0.250. The van der Waals surface area contributed by atoms with Crippen LogP contribution in [-0.4, -0.2) is 34.6 Å². The van der Waals surface area contributed by atoms with Crippen LogP contribution in [0.15, 0.2) is 30.5 Å². The SMILES string of the molecule is COc1cccc(-n2cc(CNC(=O)CN)nn2)c1. The Bertz CT molecular complexity index is 567. The molecular weight excluding hydrogens is 246 g/mol. The van der Waals surface area contributed by atoms with Crippen LogP contribution in [0.5, 0.6) is 5.75 Å². The third kappa shape index (κ3) is 3.29. The molecule has 0 saturated carbocycles. The Labute approximate surface area is 110 Å². The van der Waals surface area contributed by atoms with Crippen molar-refractivity contribution < 1.29 is 9.53 Å². The number of carbonyl (C=O) groups excluding carboxylic acids is 1. The molecule has 1 aromatic heterocycles. The third-order valence-corrected chi connectivity index (χ3v) is 2.51. The molecule has 0 bridgehead atoms. The standard InChI is InChI=1S/C12H15N5O2/c1-19-11-4-2-3-10(5-11)17-8-9(15-16-17)7-14-12(18)6-13/h2-5,8H,6-7,13H2,1H3,(H,14,18). The second kappa shape index (κ2) is 5.96. The lowest BCUT2D eigenvalue weighted by atomic mass is 10.3. The normalized spacial score (nSPS) is 10.2. The van der Waals surface area contributed by atoms with E-state index in [0.717, 1.165) is 11.4 Å². The van der Waals surface area contributed by atoms with Crippen molar-refractivity contribution in [1.82, 2.24) is 20.3 Å². The van der Waals surface area contributed by atoms with Crippen LogP contribution < -0.4 is 15.8 Å². The maximum absolute atomic E-state index is 11.0. The third-order valence-electron chi connectivity index (χ3n) is 2.51. The smallest absolute Gasteiger partial charge is 0.234 e. The van der Waals surface area contributed by atoms with Crippen LogP contribution in [0.25, 0.3) is 5.69 Å². The highest BCUT2D eigenvalue weighted by molar-refractivity contribution is 5.77. The van der Waals surface area contributed by atoms with Crippen LogP contribution in [-0.2, 0) is 11.3 Å². The zero-order valence-corrected chi connectivity index (χ0v) is 10.5. The van der Waals surface area contributed by atoms with Crippen molar-refractivity contribution in [2.24, 2.45) is 5.73 Å². The quantitative estimate of drug-likeness (QED) is 0.780. The summed E-state index contributed by atoms with van der Waals surface area (Å²) in [5.41, 5.74) is 6.69. The lowest BCUT2D eigenvalue weighted by Gasteiger charge is -2.03. The number of carbonyl (C=O) groups is 1. The summed E-state index contributed by atoms with van der Waals surface area (Å²) in [5.74, 6) is 0.516. The number of hydrogen-bond donors (Lipinski definition) is 2. The Morgan fingerprint density at radius 3 is 3.11 bits per heavy atom. The summed E-state index contributed by atoms with van der Waals surface area (Å²) in [6.45, 7) is 0.268. The molecule has 2 aromatic rings. The van der Waals surface area contributed by atoms with Crippen molar-refractivity contribution >= 4 is 5.91 Å². The summed E-state index contributed by atoms with van der Waals surface area (Å²) >= 11 is 0. The summed E-state index contributed by atoms with van der Waals surface area (Å²) in [6.07, 6.45) is 1.74. The summed E-state index contributed by atoms with van der Waals surface area (Å²) in [4.78, 5) is 11.0. The van der Waals surface area contributed by atoms with Crippen LogP contribution >= 0.6 is 0 Å². The Morgan fingerprint density at radius 1 is 1.53 bits per heavy atom. The molecule has 0 saturated heterocycles. The number of rotatable bonds is 5. The second-order valence-electron chi connectivity index (χ2n) is 3.84. The number of nitrogens with one attached hydrogen (secondary N) is 1. The van der Waals surface area contributed by atoms with Gasteiger partial charge in [-0.15, -0.1) is 5.10 Å². The molecule has 7 heteroatoms. The fourth-order valence-electron chi connectivity index (χ4n) is 1.52. The molecule has 19 heavy (non-hydrogen) atoms. The predicted octanol–water partition coefficient (Wildman–Crippen LogP) is -0.149. The molecule has 0 unspecified atom stereocenters. The number of methoxy groups -OCH3 is 1. The molecule has 1 heterocycles. The van der Waals surface area contributed by atoms with Gasteiger partial charge < -0.3 is 15.8 Å². The van der Waals surface area contributed by atoms with Gasteiger partial charge in [0.1, 0.15) is 11.4 Å². The summed E-state index contributed by atoms with van der Waals surface area (Å²) < 4.78 is 6.76. The minimum atomic E-state index is -0.226. The van der Waals surface area contributed by atoms with E-state index in [0.29, 0.717) is 12.2 Å². The predicted molar refractivity (Wildman–Crippen MR) is 68.8 cm³/mol. The van der Waals surface area contributed by atoms with Gasteiger partial charge in [0.15, 0.2) is 0 Å². The van der Waals surface area contributed by atoms with E-state index in [1.807, 2.05) is 24.3 Å². The molecule has 7 nitrogen and oxygen atoms in total. The average molecular weight is 261 g/mol. The number of nitrogens with zero attached hydrogens (tertiary/aromatic N) is 3. The molecule has 2 rings (SSSR count). The van der Waals surface area contributed by atoms with E-state index >= 15 is 0 Å². The van der Waals surface area contributed by atoms with Gasteiger partial charge in [-0.05, 0) is 12.1 Å². The first-order valence-electron chi connectivity index (χ1n) is 5.75. The van der Waals surface area contributed by atoms with Crippen LogP contribution in [0.1, 0.15) is 5.69 Å². The summed E-state index contributed by atoms with van der Waals surface area (Å²) in [6, 6.07) is 7.45. The molecule has 1 aromatic carbocycles. The number of ether oxygens (including phenoxy) is 1. The highest BCUT2D eigenvalue weighted by Gasteiger charge is 2.05. The van der Waals surface area contributed by atoms with E-state index in [1.165, 1.54) is 0 Å². The Kier molecular flexibility index (Phi) is 4.09. The van der Waals surface area contributed by atoms with Crippen molar-refractivity contribution in [3.05, 3.63) is 36.2 Å². The van der Waals surface area contributed by atoms with Gasteiger partial charge in [-0.2, -0.15) is 0 Å². The van der Waals surface area contributed by atoms with Crippen LogP contribution in [0.2, 0.25) is 0 Å². The highest BCUT2D eigenvalue weighted by Crippen LogP contribution is 2.15. The van der Waals surface area contributed by atoms with Crippen molar-refractivity contribution in [3.63, 3.8) is 0 Å². The van der Waals surface area contributed by atoms with E-state index in [1.54, 1.807) is 18.0 Å². The van der Waals surface area contributed by atoms with Gasteiger partial charge in [0.2, 0.25) is 5.91 Å². The first-order valence-corrected chi connectivity index (χ1v) is 5.75.